The topological polar surface area (TPSA) is 26.3 Å². The molecule has 0 atom stereocenters. The van der Waals surface area contributed by atoms with Crippen molar-refractivity contribution in [1.29, 1.82) is 0 Å². The van der Waals surface area contributed by atoms with Crippen molar-refractivity contribution in [3.05, 3.63) is 0 Å². The number of unbranched alkanes of at least 4 members (excludes halogenated alkanes) is 15. The standard InChI is InChI=1S/C26H54O2P.Sn.2H/c1-5-8-11-14-17-20-23-29(28-26(4)27,24-21-18-15-12-9-6-2)25-22-19-16-13-10-7-3;;;/h5-25H2,1-4H3;;;/q+1;;;. The summed E-state index contributed by atoms with van der Waals surface area (Å²) in [5.74, 6) is -0.0266. The SMILES string of the molecule is CCCCCCCC[P+](CCCCCCCC)(CCCCCCCC)OC(C)=O.[SnH2]. The van der Waals surface area contributed by atoms with Gasteiger partial charge in [0.2, 0.25) is 0 Å². The van der Waals surface area contributed by atoms with Gasteiger partial charge < -0.3 is 4.52 Å². The van der Waals surface area contributed by atoms with Crippen molar-refractivity contribution >= 4 is 37.4 Å². The van der Waals surface area contributed by atoms with E-state index in [9.17, 15) is 4.79 Å². The van der Waals surface area contributed by atoms with Crippen molar-refractivity contribution in [3.63, 3.8) is 0 Å². The molecule has 0 rings (SSSR count). The summed E-state index contributed by atoms with van der Waals surface area (Å²) in [7, 11) is -1.57. The van der Waals surface area contributed by atoms with Gasteiger partial charge in [0.05, 0.1) is 18.5 Å². The van der Waals surface area contributed by atoms with E-state index in [4.69, 9.17) is 4.52 Å². The fourth-order valence-corrected chi connectivity index (χ4v) is 8.18. The van der Waals surface area contributed by atoms with Crippen molar-refractivity contribution in [3.8, 4) is 0 Å². The molecule has 0 aliphatic rings. The number of rotatable bonds is 22. The summed E-state index contributed by atoms with van der Waals surface area (Å²) in [5, 5.41) is 0. The molecule has 0 saturated carbocycles. The first-order chi connectivity index (χ1) is 14.1. The summed E-state index contributed by atoms with van der Waals surface area (Å²) in [5.41, 5.74) is 0. The van der Waals surface area contributed by atoms with E-state index in [2.05, 4.69) is 20.8 Å². The Morgan fingerprint density at radius 2 is 0.800 bits per heavy atom. The van der Waals surface area contributed by atoms with Crippen LogP contribution >= 0.6 is 7.49 Å². The Morgan fingerprint density at radius 1 is 0.533 bits per heavy atom. The van der Waals surface area contributed by atoms with E-state index in [-0.39, 0.29) is 29.9 Å². The zero-order chi connectivity index (χ0) is 21.6. The van der Waals surface area contributed by atoms with Gasteiger partial charge in [0.1, 0.15) is 0 Å². The number of hydrogen-bond donors (Lipinski definition) is 0. The Bertz CT molecular complexity index is 322. The molecule has 0 saturated heterocycles. The summed E-state index contributed by atoms with van der Waals surface area (Å²) in [6, 6.07) is 0. The molecule has 0 aromatic carbocycles. The molecule has 0 fully saturated rings. The van der Waals surface area contributed by atoms with E-state index in [0.717, 1.165) is 0 Å². The van der Waals surface area contributed by atoms with Crippen LogP contribution in [0.2, 0.25) is 0 Å². The first kappa shape index (κ1) is 32.9. The monoisotopic (exact) mass is 551 g/mol. The molecule has 0 bridgehead atoms. The third-order valence-corrected chi connectivity index (χ3v) is 10.1. The summed E-state index contributed by atoms with van der Waals surface area (Å²) in [4.78, 5) is 12.0. The van der Waals surface area contributed by atoms with Crippen LogP contribution in [0, 0.1) is 0 Å². The fraction of sp³-hybridized carbons (Fsp3) is 0.962. The predicted molar refractivity (Wildman–Crippen MR) is 142 cm³/mol. The zero-order valence-electron chi connectivity index (χ0n) is 21.3. The van der Waals surface area contributed by atoms with Gasteiger partial charge in [-0.1, -0.05) is 97.8 Å². The van der Waals surface area contributed by atoms with Crippen LogP contribution in [-0.2, 0) is 9.32 Å². The molecule has 0 amide bonds. The number of carbonyl (C=O) groups excluding carboxylic acids is 1. The Morgan fingerprint density at radius 3 is 1.07 bits per heavy atom. The van der Waals surface area contributed by atoms with Crippen LogP contribution in [0.5, 0.6) is 0 Å². The second-order valence-electron chi connectivity index (χ2n) is 9.12. The third-order valence-electron chi connectivity index (χ3n) is 6.08. The van der Waals surface area contributed by atoms with Gasteiger partial charge in [0.25, 0.3) is 0 Å². The Kier molecular flexibility index (Phi) is 26.7. The van der Waals surface area contributed by atoms with Crippen LogP contribution in [-0.4, -0.2) is 48.4 Å². The van der Waals surface area contributed by atoms with Crippen molar-refractivity contribution in [1.82, 2.24) is 0 Å². The van der Waals surface area contributed by atoms with Gasteiger partial charge in [0, 0.05) is 6.92 Å². The summed E-state index contributed by atoms with van der Waals surface area (Å²) >= 11 is 0. The first-order valence-corrected chi connectivity index (χ1v) is 15.4. The van der Waals surface area contributed by atoms with Gasteiger partial charge in [-0.3, -0.25) is 0 Å². The molecule has 0 spiro atoms. The van der Waals surface area contributed by atoms with E-state index in [0.29, 0.717) is 0 Å². The molecule has 2 radical (unpaired) electrons. The van der Waals surface area contributed by atoms with Gasteiger partial charge in [-0.25, -0.2) is 4.79 Å². The van der Waals surface area contributed by atoms with Crippen molar-refractivity contribution in [2.75, 3.05) is 18.5 Å². The third kappa shape index (κ3) is 20.6. The normalized spacial score (nSPS) is 11.3. The van der Waals surface area contributed by atoms with Crippen LogP contribution in [0.3, 0.4) is 0 Å². The van der Waals surface area contributed by atoms with Crippen LogP contribution in [0.1, 0.15) is 143 Å². The summed E-state index contributed by atoms with van der Waals surface area (Å²) in [6.07, 6.45) is 27.4. The zero-order valence-corrected chi connectivity index (χ0v) is 26.3. The molecule has 0 aromatic heterocycles. The molecular weight excluding hydrogens is 494 g/mol. The average molecular weight is 550 g/mol. The van der Waals surface area contributed by atoms with Crippen LogP contribution in [0.4, 0.5) is 0 Å². The Labute approximate surface area is 207 Å². The molecule has 0 aromatic rings. The molecule has 30 heavy (non-hydrogen) atoms. The molecule has 0 aliphatic carbocycles. The number of carbonyl (C=O) groups is 1. The second kappa shape index (κ2) is 24.3. The molecule has 0 unspecified atom stereocenters. The molecule has 0 N–H and O–H groups in total. The number of hydrogen-bond acceptors (Lipinski definition) is 2. The van der Waals surface area contributed by atoms with E-state index in [1.807, 2.05) is 0 Å². The molecule has 4 heteroatoms. The van der Waals surface area contributed by atoms with Gasteiger partial charge in [-0.05, 0) is 38.5 Å². The molecule has 0 heterocycles. The van der Waals surface area contributed by atoms with Crippen LogP contribution in [0.15, 0.2) is 0 Å². The fourth-order valence-electron chi connectivity index (χ4n) is 4.29. The minimum absolute atomic E-state index is 0. The minimum atomic E-state index is -1.57. The molecule has 0 aliphatic heterocycles. The van der Waals surface area contributed by atoms with Crippen molar-refractivity contribution in [2.45, 2.75) is 143 Å². The van der Waals surface area contributed by atoms with Crippen molar-refractivity contribution < 1.29 is 9.32 Å². The van der Waals surface area contributed by atoms with E-state index >= 15 is 0 Å². The summed E-state index contributed by atoms with van der Waals surface area (Å²) < 4.78 is 6.19. The van der Waals surface area contributed by atoms with E-state index in [1.165, 1.54) is 134 Å². The van der Waals surface area contributed by atoms with Gasteiger partial charge in [0.15, 0.2) is 7.49 Å². The first-order valence-electron chi connectivity index (χ1n) is 13.2. The molecular formula is C26H56O2PSn+. The predicted octanol–water partition coefficient (Wildman–Crippen LogP) is 8.65. The second-order valence-corrected chi connectivity index (χ2v) is 12.8. The van der Waals surface area contributed by atoms with Gasteiger partial charge in [-0.2, -0.15) is 0 Å². The molecule has 180 valence electrons. The van der Waals surface area contributed by atoms with Crippen LogP contribution in [0.25, 0.3) is 0 Å². The van der Waals surface area contributed by atoms with E-state index < -0.39 is 7.49 Å². The van der Waals surface area contributed by atoms with Gasteiger partial charge >= 0.3 is 29.9 Å². The Hall–Kier alpha value is 0.699. The Balaban J connectivity index is 0. The maximum absolute atomic E-state index is 12.0. The summed E-state index contributed by atoms with van der Waals surface area (Å²) in [6.45, 7) is 8.47. The maximum atomic E-state index is 12.0. The molecule has 2 nitrogen and oxygen atoms in total. The van der Waals surface area contributed by atoms with Crippen molar-refractivity contribution in [2.24, 2.45) is 0 Å². The van der Waals surface area contributed by atoms with Crippen LogP contribution < -0.4 is 0 Å². The van der Waals surface area contributed by atoms with Gasteiger partial charge in [-0.15, -0.1) is 0 Å². The quantitative estimate of drug-likeness (QED) is 0.0766. The average Bonchev–Trinajstić information content (AvgIpc) is 2.69. The van der Waals surface area contributed by atoms with E-state index in [1.54, 1.807) is 6.92 Å².